The first kappa shape index (κ1) is 20.8. The summed E-state index contributed by atoms with van der Waals surface area (Å²) in [4.78, 5) is 32.1. The molecule has 1 aromatic heterocycles. The standard InChI is InChI=1S/C23H29N3O3/c1-23(2,3)18-9-6-17(7-10-18)8-11-20(27)25-13-15-26(16-14-25)21-19(22(28)29)5-4-12-24-21/h4-7,9-10,12H,8,11,13-16H2,1-3H3,(H,28,29). The molecule has 2 heterocycles. The maximum atomic E-state index is 12.6. The average molecular weight is 396 g/mol. The molecule has 1 aromatic carbocycles. The molecule has 1 fully saturated rings. The van der Waals surface area contributed by atoms with Crippen LogP contribution >= 0.6 is 0 Å². The number of benzene rings is 1. The third kappa shape index (κ3) is 5.13. The van der Waals surface area contributed by atoms with Crippen LogP contribution in [0.1, 0.15) is 48.7 Å². The van der Waals surface area contributed by atoms with Crippen LogP contribution in [0.25, 0.3) is 0 Å². The molecule has 0 atom stereocenters. The molecule has 1 N–H and O–H groups in total. The Labute approximate surface area is 172 Å². The maximum absolute atomic E-state index is 12.6. The van der Waals surface area contributed by atoms with Gasteiger partial charge in [-0.15, -0.1) is 0 Å². The van der Waals surface area contributed by atoms with Crippen LogP contribution in [0.5, 0.6) is 0 Å². The fraction of sp³-hybridized carbons (Fsp3) is 0.435. The van der Waals surface area contributed by atoms with Crippen molar-refractivity contribution in [2.24, 2.45) is 0 Å². The molecule has 3 rings (SSSR count). The zero-order valence-corrected chi connectivity index (χ0v) is 17.4. The second kappa shape index (κ2) is 8.64. The third-order valence-electron chi connectivity index (χ3n) is 5.40. The molecule has 6 nitrogen and oxygen atoms in total. The number of amides is 1. The summed E-state index contributed by atoms with van der Waals surface area (Å²) in [6, 6.07) is 11.7. The third-order valence-corrected chi connectivity index (χ3v) is 5.40. The van der Waals surface area contributed by atoms with Crippen LogP contribution < -0.4 is 4.90 Å². The van der Waals surface area contributed by atoms with Gasteiger partial charge in [0.25, 0.3) is 0 Å². The van der Waals surface area contributed by atoms with E-state index in [0.29, 0.717) is 38.4 Å². The van der Waals surface area contributed by atoms with Crippen molar-refractivity contribution in [1.29, 1.82) is 0 Å². The zero-order valence-electron chi connectivity index (χ0n) is 17.4. The van der Waals surface area contributed by atoms with Gasteiger partial charge in [0.15, 0.2) is 0 Å². The van der Waals surface area contributed by atoms with Crippen molar-refractivity contribution in [3.63, 3.8) is 0 Å². The van der Waals surface area contributed by atoms with E-state index in [1.54, 1.807) is 18.3 Å². The van der Waals surface area contributed by atoms with Gasteiger partial charge in [0, 0.05) is 38.8 Å². The SMILES string of the molecule is CC(C)(C)c1ccc(CCC(=O)N2CCN(c3ncccc3C(=O)O)CC2)cc1. The molecule has 154 valence electrons. The molecule has 0 saturated carbocycles. The van der Waals surface area contributed by atoms with Crippen molar-refractivity contribution in [2.45, 2.75) is 39.0 Å². The molecule has 0 aliphatic carbocycles. The fourth-order valence-electron chi connectivity index (χ4n) is 3.56. The molecule has 0 unspecified atom stereocenters. The number of carbonyl (C=O) groups is 2. The summed E-state index contributed by atoms with van der Waals surface area (Å²) < 4.78 is 0. The van der Waals surface area contributed by atoms with Crippen LogP contribution in [-0.2, 0) is 16.6 Å². The molecule has 2 aromatic rings. The summed E-state index contributed by atoms with van der Waals surface area (Å²) in [5.74, 6) is -0.362. The highest BCUT2D eigenvalue weighted by Gasteiger charge is 2.24. The first-order chi connectivity index (χ1) is 13.8. The predicted octanol–water partition coefficient (Wildman–Crippen LogP) is 3.36. The number of nitrogens with zero attached hydrogens (tertiary/aromatic N) is 3. The lowest BCUT2D eigenvalue weighted by molar-refractivity contribution is -0.131. The van der Waals surface area contributed by atoms with E-state index < -0.39 is 5.97 Å². The number of aryl methyl sites for hydroxylation is 1. The number of aromatic carboxylic acids is 1. The van der Waals surface area contributed by atoms with Crippen molar-refractivity contribution in [2.75, 3.05) is 31.1 Å². The van der Waals surface area contributed by atoms with Gasteiger partial charge < -0.3 is 14.9 Å². The number of carbonyl (C=O) groups excluding carboxylic acids is 1. The minimum atomic E-state index is -0.982. The first-order valence-electron chi connectivity index (χ1n) is 10.1. The van der Waals surface area contributed by atoms with Crippen LogP contribution in [0, 0.1) is 0 Å². The Balaban J connectivity index is 1.52. The second-order valence-electron chi connectivity index (χ2n) is 8.49. The molecule has 0 radical (unpaired) electrons. The van der Waals surface area contributed by atoms with Crippen LogP contribution in [0.4, 0.5) is 5.82 Å². The lowest BCUT2D eigenvalue weighted by Crippen LogP contribution is -2.49. The summed E-state index contributed by atoms with van der Waals surface area (Å²) in [6.07, 6.45) is 2.82. The quantitative estimate of drug-likeness (QED) is 0.840. The van der Waals surface area contributed by atoms with Gasteiger partial charge in [0.05, 0.1) is 0 Å². The van der Waals surface area contributed by atoms with E-state index in [1.165, 1.54) is 11.1 Å². The summed E-state index contributed by atoms with van der Waals surface area (Å²) >= 11 is 0. The largest absolute Gasteiger partial charge is 0.478 e. The zero-order chi connectivity index (χ0) is 21.0. The number of piperazine rings is 1. The molecule has 0 bridgehead atoms. The van der Waals surface area contributed by atoms with E-state index in [4.69, 9.17) is 0 Å². The van der Waals surface area contributed by atoms with Crippen LogP contribution in [0.3, 0.4) is 0 Å². The molecule has 1 saturated heterocycles. The smallest absolute Gasteiger partial charge is 0.339 e. The normalized spacial score (nSPS) is 14.7. The number of aromatic nitrogens is 1. The average Bonchev–Trinajstić information content (AvgIpc) is 2.71. The van der Waals surface area contributed by atoms with Crippen LogP contribution in [0.15, 0.2) is 42.6 Å². The Morgan fingerprint density at radius 2 is 1.69 bits per heavy atom. The molecule has 0 spiro atoms. The Hall–Kier alpha value is -2.89. The highest BCUT2D eigenvalue weighted by atomic mass is 16.4. The van der Waals surface area contributed by atoms with E-state index in [9.17, 15) is 14.7 Å². The van der Waals surface area contributed by atoms with Crippen molar-refractivity contribution in [3.05, 3.63) is 59.3 Å². The number of pyridine rings is 1. The molecule has 29 heavy (non-hydrogen) atoms. The predicted molar refractivity (Wildman–Crippen MR) is 113 cm³/mol. The maximum Gasteiger partial charge on any atom is 0.339 e. The lowest BCUT2D eigenvalue weighted by atomic mass is 9.86. The topological polar surface area (TPSA) is 73.7 Å². The van der Waals surface area contributed by atoms with Gasteiger partial charge in [-0.1, -0.05) is 45.0 Å². The number of carboxylic acid groups (broad SMARTS) is 1. The molecular weight excluding hydrogens is 366 g/mol. The number of hydrogen-bond donors (Lipinski definition) is 1. The summed E-state index contributed by atoms with van der Waals surface area (Å²) in [6.45, 7) is 8.90. The van der Waals surface area contributed by atoms with Gasteiger partial charge in [0.1, 0.15) is 11.4 Å². The van der Waals surface area contributed by atoms with Gasteiger partial charge in [-0.3, -0.25) is 4.79 Å². The first-order valence-corrected chi connectivity index (χ1v) is 10.1. The fourth-order valence-corrected chi connectivity index (χ4v) is 3.56. The molecule has 6 heteroatoms. The van der Waals surface area contributed by atoms with Crippen molar-refractivity contribution in [3.8, 4) is 0 Å². The van der Waals surface area contributed by atoms with E-state index in [-0.39, 0.29) is 16.9 Å². The molecule has 1 aliphatic rings. The van der Waals surface area contributed by atoms with Gasteiger partial charge in [-0.05, 0) is 35.1 Å². The highest BCUT2D eigenvalue weighted by Crippen LogP contribution is 2.23. The molecular formula is C23H29N3O3. The lowest BCUT2D eigenvalue weighted by Gasteiger charge is -2.36. The van der Waals surface area contributed by atoms with Crippen LogP contribution in [-0.4, -0.2) is 53.0 Å². The minimum absolute atomic E-state index is 0.127. The Morgan fingerprint density at radius 1 is 1.03 bits per heavy atom. The summed E-state index contributed by atoms with van der Waals surface area (Å²) in [5.41, 5.74) is 2.79. The van der Waals surface area contributed by atoms with Crippen molar-refractivity contribution < 1.29 is 14.7 Å². The van der Waals surface area contributed by atoms with Gasteiger partial charge in [0.2, 0.25) is 5.91 Å². The number of hydrogen-bond acceptors (Lipinski definition) is 4. The number of rotatable bonds is 5. The van der Waals surface area contributed by atoms with E-state index in [2.05, 4.69) is 50.0 Å². The number of carboxylic acids is 1. The van der Waals surface area contributed by atoms with Gasteiger partial charge in [-0.25, -0.2) is 9.78 Å². The van der Waals surface area contributed by atoms with Crippen molar-refractivity contribution >= 4 is 17.7 Å². The highest BCUT2D eigenvalue weighted by molar-refractivity contribution is 5.93. The van der Waals surface area contributed by atoms with E-state index >= 15 is 0 Å². The minimum Gasteiger partial charge on any atom is -0.478 e. The Morgan fingerprint density at radius 3 is 2.28 bits per heavy atom. The van der Waals surface area contributed by atoms with E-state index in [0.717, 1.165) is 6.42 Å². The molecule has 1 aliphatic heterocycles. The summed E-state index contributed by atoms with van der Waals surface area (Å²) in [5, 5.41) is 9.35. The monoisotopic (exact) mass is 395 g/mol. The Kier molecular flexibility index (Phi) is 6.20. The number of anilines is 1. The van der Waals surface area contributed by atoms with Gasteiger partial charge >= 0.3 is 5.97 Å². The van der Waals surface area contributed by atoms with Crippen LogP contribution in [0.2, 0.25) is 0 Å². The van der Waals surface area contributed by atoms with E-state index in [1.807, 2.05) is 9.80 Å². The Bertz CT molecular complexity index is 864. The van der Waals surface area contributed by atoms with Gasteiger partial charge in [-0.2, -0.15) is 0 Å². The summed E-state index contributed by atoms with van der Waals surface area (Å²) in [7, 11) is 0. The molecule has 1 amide bonds. The van der Waals surface area contributed by atoms with Crippen molar-refractivity contribution in [1.82, 2.24) is 9.88 Å². The second-order valence-corrected chi connectivity index (χ2v) is 8.49.